The Morgan fingerprint density at radius 2 is 2.50 bits per heavy atom. The van der Waals surface area contributed by atoms with Crippen LogP contribution in [0.15, 0.2) is 0 Å². The van der Waals surface area contributed by atoms with Crippen molar-refractivity contribution in [1.29, 1.82) is 5.26 Å². The van der Waals surface area contributed by atoms with Crippen LogP contribution in [-0.2, 0) is 0 Å². The van der Waals surface area contributed by atoms with Crippen LogP contribution in [0.2, 0.25) is 0 Å². The van der Waals surface area contributed by atoms with E-state index in [4.69, 9.17) is 10.4 Å². The fraction of sp³-hybridized carbons (Fsp3) is 0.667. The maximum Gasteiger partial charge on any atom is 0.407 e. The number of nitriles is 1. The highest BCUT2D eigenvalue weighted by molar-refractivity contribution is 5.66. The zero-order valence-electron chi connectivity index (χ0n) is 5.61. The average Bonchev–Trinajstić information content (AvgIpc) is 1.85. The monoisotopic (exact) mass is 140 g/mol. The van der Waals surface area contributed by atoms with Crippen molar-refractivity contribution in [3.05, 3.63) is 0 Å². The molecule has 4 nitrogen and oxygen atoms in total. The van der Waals surface area contributed by atoms with Crippen LogP contribution in [0.4, 0.5) is 4.79 Å². The average molecular weight is 140 g/mol. The molecule has 54 valence electrons. The summed E-state index contributed by atoms with van der Waals surface area (Å²) >= 11 is 0. The number of nitrogens with zero attached hydrogens (tertiary/aromatic N) is 2. The molecule has 2 atom stereocenters. The summed E-state index contributed by atoms with van der Waals surface area (Å²) in [5.41, 5.74) is 0. The first kappa shape index (κ1) is 6.87. The van der Waals surface area contributed by atoms with Gasteiger partial charge in [0.15, 0.2) is 0 Å². The number of likely N-dealkylation sites (tertiary alicyclic amines) is 1. The van der Waals surface area contributed by atoms with E-state index in [0.29, 0.717) is 6.54 Å². The van der Waals surface area contributed by atoms with Crippen LogP contribution in [0, 0.1) is 17.2 Å². The highest BCUT2D eigenvalue weighted by Crippen LogP contribution is 2.22. The number of carbonyl (C=O) groups is 1. The molecule has 10 heavy (non-hydrogen) atoms. The summed E-state index contributed by atoms with van der Waals surface area (Å²) < 4.78 is 0. The minimum Gasteiger partial charge on any atom is -0.465 e. The molecular formula is C6H8N2O2. The first-order valence-corrected chi connectivity index (χ1v) is 3.06. The summed E-state index contributed by atoms with van der Waals surface area (Å²) in [6.07, 6.45) is -0.931. The number of rotatable bonds is 0. The van der Waals surface area contributed by atoms with Crippen molar-refractivity contribution < 1.29 is 9.90 Å². The molecule has 0 unspecified atom stereocenters. The zero-order chi connectivity index (χ0) is 7.72. The SMILES string of the molecule is C[C@H]1[C@@H](C#N)CN1C(=O)O. The number of carboxylic acid groups (broad SMARTS) is 1. The van der Waals surface area contributed by atoms with E-state index in [0.717, 1.165) is 0 Å². The van der Waals surface area contributed by atoms with E-state index in [1.165, 1.54) is 4.90 Å². The number of hydrogen-bond donors (Lipinski definition) is 1. The molecular weight excluding hydrogens is 132 g/mol. The summed E-state index contributed by atoms with van der Waals surface area (Å²) in [5, 5.41) is 16.8. The molecule has 1 N–H and O–H groups in total. The van der Waals surface area contributed by atoms with E-state index in [1.54, 1.807) is 6.92 Å². The van der Waals surface area contributed by atoms with Gasteiger partial charge >= 0.3 is 6.09 Å². The normalized spacial score (nSPS) is 30.6. The van der Waals surface area contributed by atoms with Crippen LogP contribution in [0.25, 0.3) is 0 Å². The molecule has 0 aromatic carbocycles. The van der Waals surface area contributed by atoms with E-state index >= 15 is 0 Å². The lowest BCUT2D eigenvalue weighted by atomic mass is 9.92. The molecule has 4 heteroatoms. The molecule has 1 fully saturated rings. The van der Waals surface area contributed by atoms with E-state index in [2.05, 4.69) is 0 Å². The molecule has 0 saturated carbocycles. The summed E-state index contributed by atoms with van der Waals surface area (Å²) in [7, 11) is 0. The van der Waals surface area contributed by atoms with Crippen molar-refractivity contribution in [1.82, 2.24) is 4.90 Å². The van der Waals surface area contributed by atoms with Gasteiger partial charge in [-0.25, -0.2) is 4.79 Å². The van der Waals surface area contributed by atoms with Crippen molar-refractivity contribution in [2.24, 2.45) is 5.92 Å². The lowest BCUT2D eigenvalue weighted by Gasteiger charge is -2.40. The van der Waals surface area contributed by atoms with E-state index in [1.807, 2.05) is 6.07 Å². The zero-order valence-corrected chi connectivity index (χ0v) is 5.61. The Kier molecular flexibility index (Phi) is 1.50. The highest BCUT2D eigenvalue weighted by Gasteiger charge is 2.38. The van der Waals surface area contributed by atoms with Gasteiger partial charge < -0.3 is 10.0 Å². The Balaban J connectivity index is 2.48. The van der Waals surface area contributed by atoms with Crippen molar-refractivity contribution in [3.8, 4) is 6.07 Å². The standard InChI is InChI=1S/C6H8N2O2/c1-4-5(2-7)3-8(4)6(9)10/h4-5H,3H2,1H3,(H,9,10)/t4-,5-/m0/s1. The fourth-order valence-corrected chi connectivity index (χ4v) is 1.01. The molecule has 1 heterocycles. The summed E-state index contributed by atoms with van der Waals surface area (Å²) in [6, 6.07) is 1.91. The Morgan fingerprint density at radius 1 is 1.90 bits per heavy atom. The summed E-state index contributed by atoms with van der Waals surface area (Å²) in [6.45, 7) is 2.11. The van der Waals surface area contributed by atoms with Gasteiger partial charge in [-0.3, -0.25) is 0 Å². The third kappa shape index (κ3) is 0.798. The Hall–Kier alpha value is -1.24. The molecule has 0 bridgehead atoms. The van der Waals surface area contributed by atoms with Crippen LogP contribution in [0.5, 0.6) is 0 Å². The van der Waals surface area contributed by atoms with Crippen molar-refractivity contribution >= 4 is 6.09 Å². The summed E-state index contributed by atoms with van der Waals surface area (Å²) in [5.74, 6) is -0.101. The quantitative estimate of drug-likeness (QED) is 0.533. The van der Waals surface area contributed by atoms with Crippen LogP contribution < -0.4 is 0 Å². The Labute approximate surface area is 58.7 Å². The lowest BCUT2D eigenvalue weighted by molar-refractivity contribution is 0.0560. The predicted octanol–water partition coefficient (Wildman–Crippen LogP) is 0.508. The van der Waals surface area contributed by atoms with Gasteiger partial charge in [-0.2, -0.15) is 5.26 Å². The molecule has 0 radical (unpaired) electrons. The van der Waals surface area contributed by atoms with E-state index in [9.17, 15) is 4.79 Å². The van der Waals surface area contributed by atoms with Gasteiger partial charge in [0, 0.05) is 12.6 Å². The molecule has 1 aliphatic rings. The molecule has 1 saturated heterocycles. The van der Waals surface area contributed by atoms with Crippen LogP contribution in [-0.4, -0.2) is 28.7 Å². The maximum atomic E-state index is 10.3. The minimum atomic E-state index is -0.931. The van der Waals surface area contributed by atoms with Gasteiger partial charge in [0.1, 0.15) is 0 Å². The van der Waals surface area contributed by atoms with Gasteiger partial charge in [-0.05, 0) is 6.92 Å². The minimum absolute atomic E-state index is 0.101. The maximum absolute atomic E-state index is 10.3. The lowest BCUT2D eigenvalue weighted by Crippen LogP contribution is -2.56. The van der Waals surface area contributed by atoms with Gasteiger partial charge in [0.2, 0.25) is 0 Å². The van der Waals surface area contributed by atoms with Gasteiger partial charge in [0.05, 0.1) is 12.0 Å². The van der Waals surface area contributed by atoms with E-state index < -0.39 is 6.09 Å². The molecule has 1 aliphatic heterocycles. The second-order valence-electron chi connectivity index (χ2n) is 2.41. The summed E-state index contributed by atoms with van der Waals surface area (Å²) in [4.78, 5) is 11.5. The number of hydrogen-bond acceptors (Lipinski definition) is 2. The Bertz CT molecular complexity index is 196. The molecule has 0 aromatic heterocycles. The van der Waals surface area contributed by atoms with Crippen LogP contribution in [0.3, 0.4) is 0 Å². The second-order valence-corrected chi connectivity index (χ2v) is 2.41. The van der Waals surface area contributed by atoms with Crippen molar-refractivity contribution in [2.45, 2.75) is 13.0 Å². The van der Waals surface area contributed by atoms with Gasteiger partial charge in [-0.1, -0.05) is 0 Å². The molecule has 0 aromatic rings. The third-order valence-electron chi connectivity index (χ3n) is 1.88. The van der Waals surface area contributed by atoms with E-state index in [-0.39, 0.29) is 12.0 Å². The van der Waals surface area contributed by atoms with Crippen molar-refractivity contribution in [3.63, 3.8) is 0 Å². The first-order chi connectivity index (χ1) is 4.66. The second kappa shape index (κ2) is 2.18. The molecule has 0 aliphatic carbocycles. The van der Waals surface area contributed by atoms with Gasteiger partial charge in [-0.15, -0.1) is 0 Å². The smallest absolute Gasteiger partial charge is 0.407 e. The topological polar surface area (TPSA) is 64.3 Å². The fourth-order valence-electron chi connectivity index (χ4n) is 1.01. The molecule has 1 rings (SSSR count). The van der Waals surface area contributed by atoms with Crippen molar-refractivity contribution in [2.75, 3.05) is 6.54 Å². The Morgan fingerprint density at radius 3 is 2.80 bits per heavy atom. The van der Waals surface area contributed by atoms with Crippen LogP contribution >= 0.6 is 0 Å². The number of amides is 1. The predicted molar refractivity (Wildman–Crippen MR) is 33.3 cm³/mol. The first-order valence-electron chi connectivity index (χ1n) is 3.06. The van der Waals surface area contributed by atoms with Gasteiger partial charge in [0.25, 0.3) is 0 Å². The highest BCUT2D eigenvalue weighted by atomic mass is 16.4. The largest absolute Gasteiger partial charge is 0.465 e. The third-order valence-corrected chi connectivity index (χ3v) is 1.88. The molecule has 0 spiro atoms. The molecule has 1 amide bonds. The van der Waals surface area contributed by atoms with Crippen LogP contribution in [0.1, 0.15) is 6.92 Å².